The highest BCUT2D eigenvalue weighted by atomic mass is 79.9. The average Bonchev–Trinajstić information content (AvgIpc) is 2.54. The lowest BCUT2D eigenvalue weighted by molar-refractivity contribution is 0.0381. The summed E-state index contributed by atoms with van der Waals surface area (Å²) in [5.74, 6) is 0. The van der Waals surface area contributed by atoms with Crippen LogP contribution in [0.4, 0.5) is 5.69 Å². The molecule has 0 aromatic heterocycles. The fraction of sp³-hybridized carbons (Fsp3) is 0.571. The van der Waals surface area contributed by atoms with Crippen LogP contribution in [0.3, 0.4) is 0 Å². The predicted molar refractivity (Wildman–Crippen MR) is 75.3 cm³/mol. The van der Waals surface area contributed by atoms with Gasteiger partial charge in [-0.2, -0.15) is 0 Å². The second-order valence-electron chi connectivity index (χ2n) is 5.00. The van der Waals surface area contributed by atoms with Crippen molar-refractivity contribution >= 4 is 21.6 Å². The predicted octanol–water partition coefficient (Wildman–Crippen LogP) is 3.95. The van der Waals surface area contributed by atoms with E-state index in [2.05, 4.69) is 21.2 Å². The first-order valence-electron chi connectivity index (χ1n) is 6.40. The molecule has 0 aliphatic heterocycles. The first-order valence-corrected chi connectivity index (χ1v) is 7.19. The summed E-state index contributed by atoms with van der Waals surface area (Å²) in [6, 6.07) is 8.09. The molecule has 1 aromatic carbocycles. The molecular formula is C14H20BrNO. The zero-order valence-corrected chi connectivity index (χ0v) is 11.7. The number of hydrogen-bond acceptors (Lipinski definition) is 2. The van der Waals surface area contributed by atoms with Gasteiger partial charge in [0, 0.05) is 16.7 Å². The molecule has 1 aliphatic rings. The molecule has 0 spiro atoms. The van der Waals surface area contributed by atoms with Crippen LogP contribution in [-0.4, -0.2) is 17.3 Å². The zero-order valence-electron chi connectivity index (χ0n) is 10.1. The zero-order chi connectivity index (χ0) is 12.1. The lowest BCUT2D eigenvalue weighted by Crippen LogP contribution is -2.36. The SMILES string of the molecule is OC1(CNc2ccc(Br)cc2)CCCCCC1. The smallest absolute Gasteiger partial charge is 0.0819 e. The molecule has 0 unspecified atom stereocenters. The van der Waals surface area contributed by atoms with Crippen molar-refractivity contribution in [1.82, 2.24) is 0 Å². The van der Waals surface area contributed by atoms with Crippen LogP contribution in [-0.2, 0) is 0 Å². The van der Waals surface area contributed by atoms with Crippen molar-refractivity contribution in [2.24, 2.45) is 0 Å². The number of halogens is 1. The molecular weight excluding hydrogens is 278 g/mol. The molecule has 1 aliphatic carbocycles. The summed E-state index contributed by atoms with van der Waals surface area (Å²) in [5, 5.41) is 13.8. The summed E-state index contributed by atoms with van der Waals surface area (Å²) in [4.78, 5) is 0. The normalized spacial score (nSPS) is 19.6. The number of aliphatic hydroxyl groups is 1. The van der Waals surface area contributed by atoms with Crippen LogP contribution < -0.4 is 5.32 Å². The minimum absolute atomic E-state index is 0.510. The molecule has 1 fully saturated rings. The molecule has 17 heavy (non-hydrogen) atoms. The van der Waals surface area contributed by atoms with Gasteiger partial charge in [-0.15, -0.1) is 0 Å². The molecule has 0 saturated heterocycles. The van der Waals surface area contributed by atoms with Crippen LogP contribution in [0.1, 0.15) is 38.5 Å². The Balaban J connectivity index is 1.89. The number of rotatable bonds is 3. The molecule has 3 heteroatoms. The first kappa shape index (κ1) is 12.9. The van der Waals surface area contributed by atoms with Crippen LogP contribution in [0.2, 0.25) is 0 Å². The topological polar surface area (TPSA) is 32.3 Å². The minimum Gasteiger partial charge on any atom is -0.388 e. The van der Waals surface area contributed by atoms with Crippen molar-refractivity contribution in [3.8, 4) is 0 Å². The summed E-state index contributed by atoms with van der Waals surface area (Å²) < 4.78 is 1.08. The van der Waals surface area contributed by atoms with Crippen molar-refractivity contribution in [2.45, 2.75) is 44.1 Å². The maximum Gasteiger partial charge on any atom is 0.0819 e. The third-order valence-corrected chi connectivity index (χ3v) is 4.03. The quantitative estimate of drug-likeness (QED) is 0.828. The van der Waals surface area contributed by atoms with Crippen LogP contribution in [0.5, 0.6) is 0 Å². The molecule has 1 saturated carbocycles. The molecule has 2 rings (SSSR count). The largest absolute Gasteiger partial charge is 0.388 e. The van der Waals surface area contributed by atoms with Gasteiger partial charge in [0.1, 0.15) is 0 Å². The third-order valence-electron chi connectivity index (χ3n) is 3.50. The first-order chi connectivity index (χ1) is 8.18. The average molecular weight is 298 g/mol. The van der Waals surface area contributed by atoms with Crippen molar-refractivity contribution in [2.75, 3.05) is 11.9 Å². The summed E-state index contributed by atoms with van der Waals surface area (Å²) in [5.41, 5.74) is 0.565. The number of nitrogens with one attached hydrogen (secondary N) is 1. The van der Waals surface area contributed by atoms with Gasteiger partial charge >= 0.3 is 0 Å². The fourth-order valence-electron chi connectivity index (χ4n) is 2.40. The van der Waals surface area contributed by atoms with Gasteiger partial charge in [0.05, 0.1) is 5.60 Å². The van der Waals surface area contributed by atoms with E-state index in [1.807, 2.05) is 24.3 Å². The maximum absolute atomic E-state index is 10.5. The van der Waals surface area contributed by atoms with E-state index in [-0.39, 0.29) is 0 Å². The van der Waals surface area contributed by atoms with E-state index in [1.165, 1.54) is 12.8 Å². The standard InChI is InChI=1S/C14H20BrNO/c15-12-5-7-13(8-6-12)16-11-14(17)9-3-1-2-4-10-14/h5-8,16-17H,1-4,9-11H2. The van der Waals surface area contributed by atoms with Gasteiger partial charge in [-0.05, 0) is 37.1 Å². The van der Waals surface area contributed by atoms with E-state index in [0.29, 0.717) is 6.54 Å². The molecule has 0 heterocycles. The summed E-state index contributed by atoms with van der Waals surface area (Å²) >= 11 is 3.42. The Hall–Kier alpha value is -0.540. The van der Waals surface area contributed by atoms with Crippen LogP contribution in [0, 0.1) is 0 Å². The van der Waals surface area contributed by atoms with Crippen molar-refractivity contribution < 1.29 is 5.11 Å². The minimum atomic E-state index is -0.510. The number of hydrogen-bond donors (Lipinski definition) is 2. The maximum atomic E-state index is 10.5. The van der Waals surface area contributed by atoms with Crippen molar-refractivity contribution in [1.29, 1.82) is 0 Å². The molecule has 0 amide bonds. The van der Waals surface area contributed by atoms with Crippen molar-refractivity contribution in [3.63, 3.8) is 0 Å². The van der Waals surface area contributed by atoms with Gasteiger partial charge in [0.25, 0.3) is 0 Å². The van der Waals surface area contributed by atoms with Gasteiger partial charge < -0.3 is 10.4 Å². The fourth-order valence-corrected chi connectivity index (χ4v) is 2.66. The molecule has 0 atom stereocenters. The molecule has 0 bridgehead atoms. The lowest BCUT2D eigenvalue weighted by atomic mass is 9.94. The Morgan fingerprint density at radius 3 is 2.24 bits per heavy atom. The number of anilines is 1. The summed E-state index contributed by atoms with van der Waals surface area (Å²) in [7, 11) is 0. The van der Waals surface area contributed by atoms with E-state index in [1.54, 1.807) is 0 Å². The Morgan fingerprint density at radius 2 is 1.65 bits per heavy atom. The van der Waals surface area contributed by atoms with Crippen molar-refractivity contribution in [3.05, 3.63) is 28.7 Å². The van der Waals surface area contributed by atoms with E-state index in [9.17, 15) is 5.11 Å². The monoisotopic (exact) mass is 297 g/mol. The van der Waals surface area contributed by atoms with E-state index in [4.69, 9.17) is 0 Å². The van der Waals surface area contributed by atoms with E-state index < -0.39 is 5.60 Å². The summed E-state index contributed by atoms with van der Waals surface area (Å²) in [6.07, 6.45) is 6.69. The Labute approximate surface area is 112 Å². The summed E-state index contributed by atoms with van der Waals surface area (Å²) in [6.45, 7) is 0.661. The van der Waals surface area contributed by atoms with E-state index >= 15 is 0 Å². The second-order valence-corrected chi connectivity index (χ2v) is 5.91. The highest BCUT2D eigenvalue weighted by Crippen LogP contribution is 2.27. The van der Waals surface area contributed by atoms with Crippen LogP contribution in [0.15, 0.2) is 28.7 Å². The van der Waals surface area contributed by atoms with Gasteiger partial charge in [0.2, 0.25) is 0 Å². The van der Waals surface area contributed by atoms with E-state index in [0.717, 1.165) is 35.8 Å². The molecule has 2 nitrogen and oxygen atoms in total. The Bertz CT molecular complexity index is 342. The molecule has 1 aromatic rings. The Kier molecular flexibility index (Phi) is 4.46. The number of benzene rings is 1. The van der Waals surface area contributed by atoms with Gasteiger partial charge in [0.15, 0.2) is 0 Å². The Morgan fingerprint density at radius 1 is 1.06 bits per heavy atom. The van der Waals surface area contributed by atoms with Gasteiger partial charge in [-0.1, -0.05) is 41.6 Å². The lowest BCUT2D eigenvalue weighted by Gasteiger charge is -2.27. The molecule has 2 N–H and O–H groups in total. The van der Waals surface area contributed by atoms with Crippen LogP contribution in [0.25, 0.3) is 0 Å². The van der Waals surface area contributed by atoms with Crippen LogP contribution >= 0.6 is 15.9 Å². The highest BCUT2D eigenvalue weighted by Gasteiger charge is 2.27. The third kappa shape index (κ3) is 4.00. The van der Waals surface area contributed by atoms with Gasteiger partial charge in [-0.3, -0.25) is 0 Å². The molecule has 94 valence electrons. The highest BCUT2D eigenvalue weighted by molar-refractivity contribution is 9.10. The van der Waals surface area contributed by atoms with Gasteiger partial charge in [-0.25, -0.2) is 0 Å². The molecule has 0 radical (unpaired) electrons. The second kappa shape index (κ2) is 5.87.